The number of esters is 1. The summed E-state index contributed by atoms with van der Waals surface area (Å²) in [5, 5.41) is 0. The molecule has 2 nitrogen and oxygen atoms in total. The Hall–Kier alpha value is -0.790. The van der Waals surface area contributed by atoms with Crippen molar-refractivity contribution in [1.29, 1.82) is 0 Å². The first-order chi connectivity index (χ1) is 21.2. The molecule has 0 atom stereocenters. The lowest BCUT2D eigenvalue weighted by molar-refractivity contribution is -0.143. The molecule has 256 valence electrons. The summed E-state index contributed by atoms with van der Waals surface area (Å²) < 4.78 is 5.45. The average molecular weight is 605 g/mol. The number of carbonyl (C=O) groups excluding carboxylic acids is 1. The Morgan fingerprint density at radius 1 is 0.465 bits per heavy atom. The molecule has 0 N–H and O–H groups in total. The Morgan fingerprint density at radius 3 is 1.23 bits per heavy atom. The normalized spacial score (nSPS) is 11.7. The van der Waals surface area contributed by atoms with Crippen LogP contribution in [0, 0.1) is 5.92 Å². The number of unbranched alkanes of at least 4 members (excludes halogenated alkanes) is 28. The SMILES string of the molecule is CCCCCC/C=C\CCCCCCCC(=O)OCCCCCCCCCCCCCCCCCCCCCCC(C)C. The molecule has 0 unspecified atom stereocenters. The number of rotatable bonds is 36. The molecule has 43 heavy (non-hydrogen) atoms. The summed E-state index contributed by atoms with van der Waals surface area (Å²) in [6.07, 6.45) is 48.6. The van der Waals surface area contributed by atoms with Gasteiger partial charge in [-0.15, -0.1) is 0 Å². The van der Waals surface area contributed by atoms with Crippen molar-refractivity contribution in [3.05, 3.63) is 12.2 Å². The maximum atomic E-state index is 11.9. The minimum absolute atomic E-state index is 0.0178. The number of hydrogen-bond acceptors (Lipinski definition) is 2. The lowest BCUT2D eigenvalue weighted by Crippen LogP contribution is -2.05. The molecule has 0 saturated carbocycles. The number of allylic oxidation sites excluding steroid dienone is 2. The Bertz CT molecular complexity index is 552. The Balaban J connectivity index is 3.16. The van der Waals surface area contributed by atoms with E-state index in [1.165, 1.54) is 186 Å². The van der Waals surface area contributed by atoms with E-state index in [2.05, 4.69) is 32.9 Å². The first-order valence-electron chi connectivity index (χ1n) is 20.0. The monoisotopic (exact) mass is 605 g/mol. The summed E-state index contributed by atoms with van der Waals surface area (Å²) in [5.74, 6) is 0.901. The van der Waals surface area contributed by atoms with E-state index < -0.39 is 0 Å². The Morgan fingerprint density at radius 2 is 0.814 bits per heavy atom. The number of hydrogen-bond donors (Lipinski definition) is 0. The van der Waals surface area contributed by atoms with Gasteiger partial charge in [-0.1, -0.05) is 200 Å². The predicted octanol–water partition coefficient (Wildman–Crippen LogP) is 14.6. The van der Waals surface area contributed by atoms with Crippen molar-refractivity contribution in [1.82, 2.24) is 0 Å². The Kier molecular flexibility index (Phi) is 36.7. The van der Waals surface area contributed by atoms with Gasteiger partial charge < -0.3 is 4.74 Å². The first-order valence-corrected chi connectivity index (χ1v) is 20.0. The van der Waals surface area contributed by atoms with Crippen LogP contribution in [0.4, 0.5) is 0 Å². The molecule has 0 aromatic carbocycles. The van der Waals surface area contributed by atoms with Crippen LogP contribution in [0.1, 0.15) is 233 Å². The molecular formula is C41H80O2. The molecule has 0 rings (SSSR count). The average Bonchev–Trinajstić information content (AvgIpc) is 2.99. The zero-order valence-electron chi connectivity index (χ0n) is 30.1. The van der Waals surface area contributed by atoms with E-state index in [1.54, 1.807) is 0 Å². The molecule has 0 heterocycles. The van der Waals surface area contributed by atoms with Crippen molar-refractivity contribution in [3.8, 4) is 0 Å². The third kappa shape index (κ3) is 39.2. The number of carbonyl (C=O) groups is 1. The predicted molar refractivity (Wildman–Crippen MR) is 193 cm³/mol. The minimum atomic E-state index is 0.0178. The van der Waals surface area contributed by atoms with Gasteiger partial charge in [0.25, 0.3) is 0 Å². The molecule has 2 heteroatoms. The van der Waals surface area contributed by atoms with Crippen molar-refractivity contribution in [2.45, 2.75) is 233 Å². The van der Waals surface area contributed by atoms with Gasteiger partial charge in [0.05, 0.1) is 6.61 Å². The van der Waals surface area contributed by atoms with Crippen LogP contribution in [0.5, 0.6) is 0 Å². The van der Waals surface area contributed by atoms with Crippen molar-refractivity contribution in [2.24, 2.45) is 5.92 Å². The molecule has 0 spiro atoms. The van der Waals surface area contributed by atoms with E-state index >= 15 is 0 Å². The highest BCUT2D eigenvalue weighted by Crippen LogP contribution is 2.16. The maximum absolute atomic E-state index is 11.9. The molecular weight excluding hydrogens is 524 g/mol. The van der Waals surface area contributed by atoms with Gasteiger partial charge in [-0.3, -0.25) is 4.79 Å². The Labute approximate surface area is 272 Å². The zero-order chi connectivity index (χ0) is 31.3. The quantitative estimate of drug-likeness (QED) is 0.0404. The highest BCUT2D eigenvalue weighted by atomic mass is 16.5. The van der Waals surface area contributed by atoms with Crippen LogP contribution in [0.15, 0.2) is 12.2 Å². The van der Waals surface area contributed by atoms with Gasteiger partial charge in [-0.2, -0.15) is 0 Å². The summed E-state index contributed by atoms with van der Waals surface area (Å²) in [7, 11) is 0. The molecule has 0 radical (unpaired) electrons. The van der Waals surface area contributed by atoms with E-state index in [1.807, 2.05) is 0 Å². The lowest BCUT2D eigenvalue weighted by Gasteiger charge is -2.06. The number of ether oxygens (including phenoxy) is 1. The van der Waals surface area contributed by atoms with Gasteiger partial charge in [0.1, 0.15) is 0 Å². The van der Waals surface area contributed by atoms with Crippen LogP contribution in [0.3, 0.4) is 0 Å². The molecule has 0 aliphatic heterocycles. The van der Waals surface area contributed by atoms with Crippen LogP contribution in [0.2, 0.25) is 0 Å². The van der Waals surface area contributed by atoms with Gasteiger partial charge >= 0.3 is 5.97 Å². The van der Waals surface area contributed by atoms with Crippen molar-refractivity contribution < 1.29 is 9.53 Å². The van der Waals surface area contributed by atoms with Gasteiger partial charge in [0, 0.05) is 6.42 Å². The molecule has 0 fully saturated rings. The van der Waals surface area contributed by atoms with Gasteiger partial charge in [-0.25, -0.2) is 0 Å². The van der Waals surface area contributed by atoms with E-state index in [4.69, 9.17) is 4.74 Å². The second-order valence-corrected chi connectivity index (χ2v) is 14.1. The zero-order valence-corrected chi connectivity index (χ0v) is 30.1. The van der Waals surface area contributed by atoms with Crippen molar-refractivity contribution >= 4 is 5.97 Å². The highest BCUT2D eigenvalue weighted by molar-refractivity contribution is 5.69. The summed E-state index contributed by atoms with van der Waals surface area (Å²) in [5.41, 5.74) is 0. The molecule has 0 bridgehead atoms. The summed E-state index contributed by atoms with van der Waals surface area (Å²) in [6.45, 7) is 7.58. The largest absolute Gasteiger partial charge is 0.466 e. The standard InChI is InChI=1S/C41H80O2/c1-4-5-6-7-8-9-10-19-23-26-29-32-35-38-41(42)43-39-36-33-30-27-24-21-18-16-14-12-11-13-15-17-20-22-25-28-31-34-37-40(2)3/h9-10,40H,4-8,11-39H2,1-3H3/b10-9-. The molecule has 0 aromatic heterocycles. The van der Waals surface area contributed by atoms with E-state index in [9.17, 15) is 4.79 Å². The van der Waals surface area contributed by atoms with Crippen LogP contribution in [0.25, 0.3) is 0 Å². The van der Waals surface area contributed by atoms with Gasteiger partial charge in [0.15, 0.2) is 0 Å². The molecule has 0 aromatic rings. The summed E-state index contributed by atoms with van der Waals surface area (Å²) in [4.78, 5) is 11.9. The second-order valence-electron chi connectivity index (χ2n) is 14.1. The first kappa shape index (κ1) is 42.2. The fraction of sp³-hybridized carbons (Fsp3) is 0.927. The minimum Gasteiger partial charge on any atom is -0.466 e. The smallest absolute Gasteiger partial charge is 0.305 e. The van der Waals surface area contributed by atoms with Crippen LogP contribution in [-0.4, -0.2) is 12.6 Å². The maximum Gasteiger partial charge on any atom is 0.305 e. The fourth-order valence-corrected chi connectivity index (χ4v) is 6.08. The van der Waals surface area contributed by atoms with Crippen LogP contribution >= 0.6 is 0 Å². The molecule has 0 aliphatic rings. The third-order valence-corrected chi connectivity index (χ3v) is 9.08. The topological polar surface area (TPSA) is 26.3 Å². The van der Waals surface area contributed by atoms with E-state index in [0.29, 0.717) is 13.0 Å². The third-order valence-electron chi connectivity index (χ3n) is 9.08. The second kappa shape index (κ2) is 37.4. The highest BCUT2D eigenvalue weighted by Gasteiger charge is 2.03. The van der Waals surface area contributed by atoms with Crippen LogP contribution in [-0.2, 0) is 9.53 Å². The van der Waals surface area contributed by atoms with Gasteiger partial charge in [0.2, 0.25) is 0 Å². The van der Waals surface area contributed by atoms with Gasteiger partial charge in [-0.05, 0) is 44.4 Å². The van der Waals surface area contributed by atoms with E-state index in [-0.39, 0.29) is 5.97 Å². The lowest BCUT2D eigenvalue weighted by atomic mass is 10.0. The molecule has 0 saturated heterocycles. The summed E-state index contributed by atoms with van der Waals surface area (Å²) >= 11 is 0. The molecule has 0 aliphatic carbocycles. The summed E-state index contributed by atoms with van der Waals surface area (Å²) in [6, 6.07) is 0. The van der Waals surface area contributed by atoms with Crippen molar-refractivity contribution in [3.63, 3.8) is 0 Å². The van der Waals surface area contributed by atoms with E-state index in [0.717, 1.165) is 25.2 Å². The fourth-order valence-electron chi connectivity index (χ4n) is 6.08. The van der Waals surface area contributed by atoms with Crippen molar-refractivity contribution in [2.75, 3.05) is 6.61 Å². The molecule has 0 amide bonds. The van der Waals surface area contributed by atoms with Crippen LogP contribution < -0.4 is 0 Å².